The Labute approximate surface area is 407 Å². The summed E-state index contributed by atoms with van der Waals surface area (Å²) in [5.41, 5.74) is 14.8. The predicted molar refractivity (Wildman–Crippen MR) is 302 cm³/mol. The molecule has 0 saturated carbocycles. The summed E-state index contributed by atoms with van der Waals surface area (Å²) in [5, 5.41) is 17.5. The van der Waals surface area contributed by atoms with Gasteiger partial charge in [0.1, 0.15) is 0 Å². The predicted octanol–water partition coefficient (Wildman–Crippen LogP) is 19.8. The largest absolute Gasteiger partial charge is 0.0616 e. The van der Waals surface area contributed by atoms with E-state index < -0.39 is 0 Å². The van der Waals surface area contributed by atoms with Gasteiger partial charge in [-0.05, 0) is 179 Å². The van der Waals surface area contributed by atoms with E-state index in [-0.39, 0.29) is 0 Å². The van der Waals surface area contributed by atoms with Crippen molar-refractivity contribution < 1.29 is 0 Å². The molecule has 0 aliphatic heterocycles. The molecule has 324 valence electrons. The zero-order valence-corrected chi connectivity index (χ0v) is 38.4. The molecule has 0 spiro atoms. The second-order valence-corrected chi connectivity index (χ2v) is 18.8. The Hall–Kier alpha value is -9.10. The molecule has 0 bridgehead atoms. The normalized spacial score (nSPS) is 11.7. The Bertz CT molecular complexity index is 4230. The van der Waals surface area contributed by atoms with E-state index >= 15 is 0 Å². The second kappa shape index (κ2) is 16.3. The van der Waals surface area contributed by atoms with Crippen molar-refractivity contribution in [3.8, 4) is 66.8 Å². The van der Waals surface area contributed by atoms with Crippen LogP contribution in [-0.2, 0) is 0 Å². The molecule has 0 saturated heterocycles. The lowest BCUT2D eigenvalue weighted by molar-refractivity contribution is 1.63. The van der Waals surface area contributed by atoms with Gasteiger partial charge < -0.3 is 0 Å². The van der Waals surface area contributed by atoms with E-state index in [9.17, 15) is 0 Å². The first-order chi connectivity index (χ1) is 34.7. The average Bonchev–Trinajstić information content (AvgIpc) is 3.43. The molecule has 14 aromatic carbocycles. The minimum Gasteiger partial charge on any atom is -0.0616 e. The Morgan fingerprint density at radius 2 is 0.386 bits per heavy atom. The number of rotatable bonds is 6. The van der Waals surface area contributed by atoms with E-state index in [1.165, 1.54) is 142 Å². The summed E-state index contributed by atoms with van der Waals surface area (Å²) in [7, 11) is 0. The van der Waals surface area contributed by atoms with Gasteiger partial charge in [0.2, 0.25) is 0 Å². The summed E-state index contributed by atoms with van der Waals surface area (Å²) < 4.78 is 0. The van der Waals surface area contributed by atoms with Gasteiger partial charge in [0, 0.05) is 0 Å². The van der Waals surface area contributed by atoms with Gasteiger partial charge in [0.15, 0.2) is 0 Å². The van der Waals surface area contributed by atoms with Gasteiger partial charge in [-0.3, -0.25) is 0 Å². The van der Waals surface area contributed by atoms with E-state index in [1.54, 1.807) is 0 Å². The lowest BCUT2D eigenvalue weighted by atomic mass is 9.86. The van der Waals surface area contributed by atoms with Crippen molar-refractivity contribution >= 4 is 75.4 Å². The van der Waals surface area contributed by atoms with Crippen LogP contribution < -0.4 is 0 Å². The van der Waals surface area contributed by atoms with Crippen LogP contribution in [0, 0.1) is 0 Å². The van der Waals surface area contributed by atoms with Crippen LogP contribution in [0.25, 0.3) is 142 Å². The number of hydrogen-bond acceptors (Lipinski definition) is 0. The minimum atomic E-state index is 1.20. The number of fused-ring (bicyclic) bond motifs is 7. The third-order valence-electron chi connectivity index (χ3n) is 14.8. The monoisotopic (exact) mass is 884 g/mol. The van der Waals surface area contributed by atoms with Crippen LogP contribution >= 0.6 is 0 Å². The molecule has 0 amide bonds. The SMILES string of the molecule is c1ccc2c(-c3ccc4cc(-c5ccc(-c6ccc7cc(-c8cccc9ccccc89)ccc7c6)c6c(-c7ccc8cc(-c9cccc%10ccccc9%10)ccc8c7)cccc56)ccc4c3)cccc2c1. The highest BCUT2D eigenvalue weighted by Gasteiger charge is 2.17. The molecule has 0 aromatic heterocycles. The molecule has 14 aromatic rings. The van der Waals surface area contributed by atoms with Crippen LogP contribution in [0.5, 0.6) is 0 Å². The zero-order chi connectivity index (χ0) is 46.1. The van der Waals surface area contributed by atoms with Gasteiger partial charge in [-0.25, -0.2) is 0 Å². The van der Waals surface area contributed by atoms with Gasteiger partial charge in [-0.1, -0.05) is 231 Å². The molecule has 0 heteroatoms. The first-order valence-corrected chi connectivity index (χ1v) is 24.3. The number of benzene rings is 14. The van der Waals surface area contributed by atoms with Crippen molar-refractivity contribution in [3.05, 3.63) is 267 Å². The fourth-order valence-corrected chi connectivity index (χ4v) is 11.3. The zero-order valence-electron chi connectivity index (χ0n) is 38.4. The summed E-state index contributed by atoms with van der Waals surface area (Å²) in [6.07, 6.45) is 0. The van der Waals surface area contributed by atoms with Gasteiger partial charge in [-0.15, -0.1) is 0 Å². The van der Waals surface area contributed by atoms with E-state index in [2.05, 4.69) is 267 Å². The highest BCUT2D eigenvalue weighted by atomic mass is 14.2. The van der Waals surface area contributed by atoms with Gasteiger partial charge in [-0.2, -0.15) is 0 Å². The lowest BCUT2D eigenvalue weighted by Gasteiger charge is -2.18. The van der Waals surface area contributed by atoms with Gasteiger partial charge in [0.05, 0.1) is 0 Å². The summed E-state index contributed by atoms with van der Waals surface area (Å²) in [6, 6.07) is 99.1. The minimum absolute atomic E-state index is 1.20. The molecule has 70 heavy (non-hydrogen) atoms. The van der Waals surface area contributed by atoms with Crippen LogP contribution in [-0.4, -0.2) is 0 Å². The Kier molecular flexibility index (Phi) is 9.32. The summed E-state index contributed by atoms with van der Waals surface area (Å²) in [6.45, 7) is 0. The standard InChI is InChI=1S/C70H44/c1-4-17-60-45(11-1)14-7-20-63(60)54-31-25-49-42-57(34-28-48(49)39-54)66-37-38-68(59-36-30-51-41-56(33-27-53(51)44-59)65-22-9-16-47-13-3-6-19-62(47)65)70-67(23-10-24-69(66)70)58-35-29-50-40-55(32-26-52(50)43-58)64-21-8-15-46-12-2-5-18-61(46)64/h1-44H. The van der Waals surface area contributed by atoms with Crippen molar-refractivity contribution in [2.75, 3.05) is 0 Å². The summed E-state index contributed by atoms with van der Waals surface area (Å²) in [5.74, 6) is 0. The van der Waals surface area contributed by atoms with Crippen molar-refractivity contribution in [1.82, 2.24) is 0 Å². The third kappa shape index (κ3) is 6.76. The van der Waals surface area contributed by atoms with Crippen LogP contribution in [0.4, 0.5) is 0 Å². The summed E-state index contributed by atoms with van der Waals surface area (Å²) in [4.78, 5) is 0. The maximum atomic E-state index is 2.38. The first kappa shape index (κ1) is 40.0. The average molecular weight is 885 g/mol. The molecular weight excluding hydrogens is 841 g/mol. The fraction of sp³-hybridized carbons (Fsp3) is 0. The molecule has 0 aliphatic rings. The molecule has 14 rings (SSSR count). The summed E-state index contributed by atoms with van der Waals surface area (Å²) >= 11 is 0. The van der Waals surface area contributed by atoms with E-state index in [0.717, 1.165) is 0 Å². The van der Waals surface area contributed by atoms with Crippen molar-refractivity contribution in [1.29, 1.82) is 0 Å². The van der Waals surface area contributed by atoms with E-state index in [4.69, 9.17) is 0 Å². The molecule has 0 aliphatic carbocycles. The van der Waals surface area contributed by atoms with Crippen LogP contribution in [0.15, 0.2) is 267 Å². The molecule has 0 fully saturated rings. The Morgan fingerprint density at radius 1 is 0.143 bits per heavy atom. The van der Waals surface area contributed by atoms with Gasteiger partial charge in [0.25, 0.3) is 0 Å². The van der Waals surface area contributed by atoms with Crippen molar-refractivity contribution in [3.63, 3.8) is 0 Å². The topological polar surface area (TPSA) is 0 Å². The molecule has 0 nitrogen and oxygen atoms in total. The van der Waals surface area contributed by atoms with Crippen molar-refractivity contribution in [2.45, 2.75) is 0 Å². The second-order valence-electron chi connectivity index (χ2n) is 18.8. The highest BCUT2D eigenvalue weighted by molar-refractivity contribution is 6.14. The quantitative estimate of drug-likeness (QED) is 0.156. The fourth-order valence-electron chi connectivity index (χ4n) is 11.3. The van der Waals surface area contributed by atoms with Crippen LogP contribution in [0.2, 0.25) is 0 Å². The van der Waals surface area contributed by atoms with E-state index in [1.807, 2.05) is 0 Å². The van der Waals surface area contributed by atoms with Gasteiger partial charge >= 0.3 is 0 Å². The third-order valence-corrected chi connectivity index (χ3v) is 14.8. The Morgan fingerprint density at radius 3 is 0.757 bits per heavy atom. The molecule has 0 heterocycles. The highest BCUT2D eigenvalue weighted by Crippen LogP contribution is 2.44. The van der Waals surface area contributed by atoms with Crippen LogP contribution in [0.3, 0.4) is 0 Å². The first-order valence-electron chi connectivity index (χ1n) is 24.3. The van der Waals surface area contributed by atoms with Crippen LogP contribution in [0.1, 0.15) is 0 Å². The van der Waals surface area contributed by atoms with E-state index in [0.29, 0.717) is 0 Å². The number of hydrogen-bond donors (Lipinski definition) is 0. The maximum Gasteiger partial charge on any atom is -0.00206 e. The smallest absolute Gasteiger partial charge is 0.00206 e. The Balaban J connectivity index is 0.910. The molecule has 0 N–H and O–H groups in total. The lowest BCUT2D eigenvalue weighted by Crippen LogP contribution is -1.91. The molecule has 0 radical (unpaired) electrons. The molecule has 0 unspecified atom stereocenters. The maximum absolute atomic E-state index is 2.38. The molecule has 0 atom stereocenters. The molecular formula is C70H44. The van der Waals surface area contributed by atoms with Crippen molar-refractivity contribution in [2.24, 2.45) is 0 Å².